The van der Waals surface area contributed by atoms with E-state index in [0.29, 0.717) is 18.7 Å². The fourth-order valence-electron chi connectivity index (χ4n) is 1.69. The largest absolute Gasteiger partial charge is 0.456 e. The molecule has 0 atom stereocenters. The van der Waals surface area contributed by atoms with Crippen LogP contribution >= 0.6 is 0 Å². The standard InChI is InChI=1S/C14H22O3/c1-2-3-4-5-6-7-10-16-12-14-9-8-13(11-15)17-14/h8-9,11H,2-7,10,12H2,1H3. The second-order valence-electron chi connectivity index (χ2n) is 4.24. The first-order valence-electron chi connectivity index (χ1n) is 6.48. The number of carbonyl (C=O) groups is 1. The van der Waals surface area contributed by atoms with Crippen molar-refractivity contribution < 1.29 is 13.9 Å². The Morgan fingerprint density at radius 1 is 1.18 bits per heavy atom. The normalized spacial score (nSPS) is 10.6. The van der Waals surface area contributed by atoms with Crippen LogP contribution < -0.4 is 0 Å². The highest BCUT2D eigenvalue weighted by Gasteiger charge is 2.00. The molecule has 0 bridgehead atoms. The van der Waals surface area contributed by atoms with Crippen LogP contribution in [0.1, 0.15) is 61.8 Å². The average Bonchev–Trinajstić information content (AvgIpc) is 2.80. The van der Waals surface area contributed by atoms with Gasteiger partial charge in [-0.25, -0.2) is 0 Å². The Kier molecular flexibility index (Phi) is 7.39. The summed E-state index contributed by atoms with van der Waals surface area (Å²) in [6.45, 7) is 3.45. The van der Waals surface area contributed by atoms with Crippen molar-refractivity contribution in [2.45, 2.75) is 52.1 Å². The van der Waals surface area contributed by atoms with Crippen molar-refractivity contribution in [3.8, 4) is 0 Å². The molecule has 0 spiro atoms. The van der Waals surface area contributed by atoms with Crippen molar-refractivity contribution in [2.75, 3.05) is 6.61 Å². The molecule has 0 aliphatic rings. The summed E-state index contributed by atoms with van der Waals surface area (Å²) in [6.07, 6.45) is 8.29. The van der Waals surface area contributed by atoms with E-state index in [1.807, 2.05) is 0 Å². The van der Waals surface area contributed by atoms with Gasteiger partial charge in [0.25, 0.3) is 0 Å². The Bertz CT molecular complexity index is 304. The molecule has 3 heteroatoms. The lowest BCUT2D eigenvalue weighted by Crippen LogP contribution is -1.94. The molecule has 0 fully saturated rings. The lowest BCUT2D eigenvalue weighted by molar-refractivity contribution is 0.0986. The van der Waals surface area contributed by atoms with Gasteiger partial charge < -0.3 is 9.15 Å². The van der Waals surface area contributed by atoms with Crippen LogP contribution in [0.25, 0.3) is 0 Å². The van der Waals surface area contributed by atoms with Crippen LogP contribution in [-0.2, 0) is 11.3 Å². The molecular formula is C14H22O3. The Morgan fingerprint density at radius 3 is 2.65 bits per heavy atom. The van der Waals surface area contributed by atoms with E-state index < -0.39 is 0 Å². The number of aldehydes is 1. The van der Waals surface area contributed by atoms with Crippen molar-refractivity contribution in [3.63, 3.8) is 0 Å². The summed E-state index contributed by atoms with van der Waals surface area (Å²) >= 11 is 0. The molecule has 0 unspecified atom stereocenters. The van der Waals surface area contributed by atoms with Crippen molar-refractivity contribution in [2.24, 2.45) is 0 Å². The molecule has 0 saturated carbocycles. The van der Waals surface area contributed by atoms with Gasteiger partial charge in [-0.2, -0.15) is 0 Å². The molecule has 0 N–H and O–H groups in total. The van der Waals surface area contributed by atoms with E-state index in [1.54, 1.807) is 12.1 Å². The molecule has 1 aromatic heterocycles. The summed E-state index contributed by atoms with van der Waals surface area (Å²) in [4.78, 5) is 10.4. The first kappa shape index (κ1) is 14.0. The highest BCUT2D eigenvalue weighted by molar-refractivity contribution is 5.70. The van der Waals surface area contributed by atoms with Gasteiger partial charge in [0.2, 0.25) is 0 Å². The zero-order valence-corrected chi connectivity index (χ0v) is 10.6. The number of hydrogen-bond acceptors (Lipinski definition) is 3. The molecule has 1 aromatic rings. The highest BCUT2D eigenvalue weighted by atomic mass is 16.5. The maximum absolute atomic E-state index is 10.4. The maximum atomic E-state index is 10.4. The summed E-state index contributed by atoms with van der Waals surface area (Å²) in [5.74, 6) is 1.08. The van der Waals surface area contributed by atoms with E-state index in [-0.39, 0.29) is 0 Å². The molecule has 1 rings (SSSR count). The van der Waals surface area contributed by atoms with Gasteiger partial charge in [0.1, 0.15) is 12.4 Å². The molecule has 0 radical (unpaired) electrons. The first-order chi connectivity index (χ1) is 8.36. The molecule has 17 heavy (non-hydrogen) atoms. The van der Waals surface area contributed by atoms with Gasteiger partial charge in [0, 0.05) is 6.61 Å². The van der Waals surface area contributed by atoms with Gasteiger partial charge >= 0.3 is 0 Å². The van der Waals surface area contributed by atoms with Crippen molar-refractivity contribution in [1.29, 1.82) is 0 Å². The van der Waals surface area contributed by atoms with Gasteiger partial charge in [-0.05, 0) is 18.6 Å². The maximum Gasteiger partial charge on any atom is 0.185 e. The lowest BCUT2D eigenvalue weighted by Gasteiger charge is -2.02. The zero-order chi connectivity index (χ0) is 12.3. The van der Waals surface area contributed by atoms with E-state index in [2.05, 4.69) is 6.92 Å². The van der Waals surface area contributed by atoms with Crippen molar-refractivity contribution in [1.82, 2.24) is 0 Å². The molecule has 96 valence electrons. The number of unbranched alkanes of at least 4 members (excludes halogenated alkanes) is 5. The summed E-state index contributed by atoms with van der Waals surface area (Å²) in [6, 6.07) is 3.45. The van der Waals surface area contributed by atoms with E-state index in [9.17, 15) is 4.79 Å². The Labute approximate surface area is 103 Å². The van der Waals surface area contributed by atoms with Crippen LogP contribution in [0.5, 0.6) is 0 Å². The Morgan fingerprint density at radius 2 is 1.94 bits per heavy atom. The van der Waals surface area contributed by atoms with Crippen LogP contribution in [0.15, 0.2) is 16.5 Å². The van der Waals surface area contributed by atoms with Gasteiger partial charge in [-0.3, -0.25) is 4.79 Å². The van der Waals surface area contributed by atoms with Crippen LogP contribution in [0.2, 0.25) is 0 Å². The minimum absolute atomic E-state index is 0.364. The second-order valence-corrected chi connectivity index (χ2v) is 4.24. The third-order valence-electron chi connectivity index (χ3n) is 2.69. The number of hydrogen-bond donors (Lipinski definition) is 0. The van der Waals surface area contributed by atoms with E-state index in [1.165, 1.54) is 32.1 Å². The molecule has 3 nitrogen and oxygen atoms in total. The predicted octanol–water partition coefficient (Wildman–Crippen LogP) is 3.97. The number of furan rings is 1. The van der Waals surface area contributed by atoms with Crippen LogP contribution in [0.4, 0.5) is 0 Å². The second kappa shape index (κ2) is 8.99. The fourth-order valence-corrected chi connectivity index (χ4v) is 1.69. The topological polar surface area (TPSA) is 39.4 Å². The average molecular weight is 238 g/mol. The Balaban J connectivity index is 1.95. The lowest BCUT2D eigenvalue weighted by atomic mass is 10.1. The molecule has 0 aliphatic heterocycles. The Hall–Kier alpha value is -1.09. The van der Waals surface area contributed by atoms with Crippen molar-refractivity contribution in [3.05, 3.63) is 23.7 Å². The van der Waals surface area contributed by atoms with Crippen LogP contribution in [0.3, 0.4) is 0 Å². The van der Waals surface area contributed by atoms with Gasteiger partial charge in [-0.15, -0.1) is 0 Å². The summed E-state index contributed by atoms with van der Waals surface area (Å²) < 4.78 is 10.7. The summed E-state index contributed by atoms with van der Waals surface area (Å²) in [7, 11) is 0. The molecule has 0 saturated heterocycles. The van der Waals surface area contributed by atoms with E-state index in [4.69, 9.17) is 9.15 Å². The number of ether oxygens (including phenoxy) is 1. The molecule has 0 amide bonds. The zero-order valence-electron chi connectivity index (χ0n) is 10.6. The smallest absolute Gasteiger partial charge is 0.185 e. The SMILES string of the molecule is CCCCCCCCOCc1ccc(C=O)o1. The van der Waals surface area contributed by atoms with E-state index in [0.717, 1.165) is 18.8 Å². The van der Waals surface area contributed by atoms with Crippen LogP contribution in [0, 0.1) is 0 Å². The minimum atomic E-state index is 0.364. The molecule has 0 aromatic carbocycles. The third-order valence-corrected chi connectivity index (χ3v) is 2.69. The third kappa shape index (κ3) is 6.27. The fraction of sp³-hybridized carbons (Fsp3) is 0.643. The number of rotatable bonds is 10. The molecular weight excluding hydrogens is 216 g/mol. The minimum Gasteiger partial charge on any atom is -0.456 e. The summed E-state index contributed by atoms with van der Waals surface area (Å²) in [5.41, 5.74) is 0. The first-order valence-corrected chi connectivity index (χ1v) is 6.48. The van der Waals surface area contributed by atoms with Crippen molar-refractivity contribution >= 4 is 6.29 Å². The highest BCUT2D eigenvalue weighted by Crippen LogP contribution is 2.08. The van der Waals surface area contributed by atoms with Gasteiger partial charge in [-0.1, -0.05) is 39.0 Å². The predicted molar refractivity (Wildman–Crippen MR) is 67.1 cm³/mol. The number of carbonyl (C=O) groups excluding carboxylic acids is 1. The summed E-state index contributed by atoms with van der Waals surface area (Å²) in [5, 5.41) is 0. The molecule has 1 heterocycles. The monoisotopic (exact) mass is 238 g/mol. The van der Waals surface area contributed by atoms with E-state index >= 15 is 0 Å². The van der Waals surface area contributed by atoms with Crippen LogP contribution in [-0.4, -0.2) is 12.9 Å². The van der Waals surface area contributed by atoms with Gasteiger partial charge in [0.15, 0.2) is 12.0 Å². The quantitative estimate of drug-likeness (QED) is 0.457. The molecule has 0 aliphatic carbocycles. The van der Waals surface area contributed by atoms with Gasteiger partial charge in [0.05, 0.1) is 0 Å².